The zero-order valence-corrected chi connectivity index (χ0v) is 10.3. The normalized spacial score (nSPS) is 23.1. The highest BCUT2D eigenvalue weighted by Gasteiger charge is 2.33. The van der Waals surface area contributed by atoms with Gasteiger partial charge in [0.05, 0.1) is 5.75 Å². The van der Waals surface area contributed by atoms with Gasteiger partial charge in [0.2, 0.25) is 15.9 Å². The van der Waals surface area contributed by atoms with E-state index in [-0.39, 0.29) is 11.7 Å². The number of hydrogen-bond acceptors (Lipinski definition) is 4. The summed E-state index contributed by atoms with van der Waals surface area (Å²) in [5, 5.41) is 2.64. The number of nitrogens with one attached hydrogen (secondary N) is 1. The van der Waals surface area contributed by atoms with Crippen molar-refractivity contribution in [2.24, 2.45) is 5.73 Å². The second-order valence-corrected chi connectivity index (χ2v) is 5.93. The minimum absolute atomic E-state index is 0.0712. The third-order valence-electron chi connectivity index (χ3n) is 2.66. The number of carbonyl (C=O) groups is 1. The molecule has 0 aromatic carbocycles. The molecule has 0 aromatic rings. The average molecular weight is 249 g/mol. The van der Waals surface area contributed by atoms with Crippen molar-refractivity contribution in [2.45, 2.75) is 25.8 Å². The maximum atomic E-state index is 11.9. The quantitative estimate of drug-likeness (QED) is 0.603. The number of amides is 1. The second-order valence-electron chi connectivity index (χ2n) is 3.89. The van der Waals surface area contributed by atoms with Gasteiger partial charge in [0.25, 0.3) is 0 Å². The van der Waals surface area contributed by atoms with Crippen molar-refractivity contribution in [3.05, 3.63) is 0 Å². The molecular formula is C9H19N3O3S. The Labute approximate surface area is 96.2 Å². The summed E-state index contributed by atoms with van der Waals surface area (Å²) < 4.78 is 25.1. The van der Waals surface area contributed by atoms with Crippen molar-refractivity contribution in [1.82, 2.24) is 9.62 Å². The third kappa shape index (κ3) is 3.16. The zero-order valence-electron chi connectivity index (χ0n) is 9.48. The zero-order chi connectivity index (χ0) is 12.2. The first-order chi connectivity index (χ1) is 7.49. The maximum Gasteiger partial charge on any atom is 0.238 e. The first kappa shape index (κ1) is 13.4. The smallest absolute Gasteiger partial charge is 0.238 e. The van der Waals surface area contributed by atoms with Crippen LogP contribution in [0.25, 0.3) is 0 Å². The minimum atomic E-state index is -3.32. The lowest BCUT2D eigenvalue weighted by atomic mass is 10.2. The van der Waals surface area contributed by atoms with Crippen molar-refractivity contribution < 1.29 is 13.2 Å². The summed E-state index contributed by atoms with van der Waals surface area (Å²) in [5.41, 5.74) is 5.31. The summed E-state index contributed by atoms with van der Waals surface area (Å²) in [6, 6.07) is -0.600. The molecule has 0 radical (unpaired) electrons. The standard InChI is InChI=1S/C9H19N3O3S/c1-8-9(13)11-5-6-12(8)16(14,15)7-3-2-4-10/h8H,2-7,10H2,1H3,(H,11,13). The largest absolute Gasteiger partial charge is 0.353 e. The molecule has 1 heterocycles. The van der Waals surface area contributed by atoms with Crippen LogP contribution in [0.5, 0.6) is 0 Å². The predicted molar refractivity (Wildman–Crippen MR) is 61.3 cm³/mol. The molecule has 0 aromatic heterocycles. The number of carbonyl (C=O) groups excluding carboxylic acids is 1. The Morgan fingerprint density at radius 2 is 2.19 bits per heavy atom. The van der Waals surface area contributed by atoms with Gasteiger partial charge in [0.15, 0.2) is 0 Å². The molecule has 7 heteroatoms. The number of rotatable bonds is 5. The van der Waals surface area contributed by atoms with Gasteiger partial charge in [-0.3, -0.25) is 4.79 Å². The van der Waals surface area contributed by atoms with Crippen LogP contribution in [0.15, 0.2) is 0 Å². The van der Waals surface area contributed by atoms with Crippen LogP contribution in [-0.2, 0) is 14.8 Å². The molecule has 0 saturated carbocycles. The van der Waals surface area contributed by atoms with Crippen LogP contribution in [0.4, 0.5) is 0 Å². The van der Waals surface area contributed by atoms with E-state index in [4.69, 9.17) is 5.73 Å². The molecule has 94 valence electrons. The van der Waals surface area contributed by atoms with Crippen LogP contribution in [-0.4, -0.2) is 50.1 Å². The predicted octanol–water partition coefficient (Wildman–Crippen LogP) is -1.12. The molecule has 3 N–H and O–H groups in total. The number of sulfonamides is 1. The Bertz CT molecular complexity index is 342. The molecule has 0 spiro atoms. The van der Waals surface area contributed by atoms with E-state index in [1.807, 2.05) is 0 Å². The van der Waals surface area contributed by atoms with Crippen molar-refractivity contribution in [3.8, 4) is 0 Å². The Balaban J connectivity index is 2.63. The van der Waals surface area contributed by atoms with E-state index < -0.39 is 16.1 Å². The highest BCUT2D eigenvalue weighted by molar-refractivity contribution is 7.89. The summed E-state index contributed by atoms with van der Waals surface area (Å²) in [7, 11) is -3.32. The highest BCUT2D eigenvalue weighted by Crippen LogP contribution is 2.12. The van der Waals surface area contributed by atoms with Gasteiger partial charge in [-0.2, -0.15) is 4.31 Å². The summed E-state index contributed by atoms with van der Waals surface area (Å²) >= 11 is 0. The molecule has 1 atom stereocenters. The number of piperazine rings is 1. The molecule has 6 nitrogen and oxygen atoms in total. The fourth-order valence-corrected chi connectivity index (χ4v) is 3.44. The van der Waals surface area contributed by atoms with E-state index in [9.17, 15) is 13.2 Å². The van der Waals surface area contributed by atoms with Crippen LogP contribution < -0.4 is 11.1 Å². The van der Waals surface area contributed by atoms with Crippen molar-refractivity contribution in [1.29, 1.82) is 0 Å². The molecule has 1 unspecified atom stereocenters. The van der Waals surface area contributed by atoms with Gasteiger partial charge in [-0.1, -0.05) is 0 Å². The van der Waals surface area contributed by atoms with Gasteiger partial charge in [0.1, 0.15) is 6.04 Å². The Morgan fingerprint density at radius 3 is 2.81 bits per heavy atom. The molecule has 0 aliphatic carbocycles. The van der Waals surface area contributed by atoms with Crippen LogP contribution >= 0.6 is 0 Å². The highest BCUT2D eigenvalue weighted by atomic mass is 32.2. The van der Waals surface area contributed by atoms with Gasteiger partial charge >= 0.3 is 0 Å². The first-order valence-electron chi connectivity index (χ1n) is 5.46. The van der Waals surface area contributed by atoms with Crippen LogP contribution in [0.3, 0.4) is 0 Å². The van der Waals surface area contributed by atoms with Gasteiger partial charge in [0, 0.05) is 13.1 Å². The molecule has 0 bridgehead atoms. The first-order valence-corrected chi connectivity index (χ1v) is 7.07. The summed E-state index contributed by atoms with van der Waals surface area (Å²) in [6.45, 7) is 2.84. The molecular weight excluding hydrogens is 230 g/mol. The molecule has 1 aliphatic heterocycles. The molecule has 1 aliphatic rings. The van der Waals surface area contributed by atoms with Crippen molar-refractivity contribution >= 4 is 15.9 Å². The van der Waals surface area contributed by atoms with E-state index in [1.54, 1.807) is 6.92 Å². The van der Waals surface area contributed by atoms with E-state index in [0.717, 1.165) is 0 Å². The Kier molecular flexibility index (Phi) is 4.69. The summed E-state index contributed by atoms with van der Waals surface area (Å²) in [6.07, 6.45) is 1.23. The third-order valence-corrected chi connectivity index (χ3v) is 4.67. The summed E-state index contributed by atoms with van der Waals surface area (Å²) in [4.78, 5) is 11.3. The average Bonchev–Trinajstić information content (AvgIpc) is 2.22. The van der Waals surface area contributed by atoms with Gasteiger partial charge < -0.3 is 11.1 Å². The van der Waals surface area contributed by atoms with E-state index >= 15 is 0 Å². The number of nitrogens with two attached hydrogens (primary N) is 1. The fraction of sp³-hybridized carbons (Fsp3) is 0.889. The molecule has 1 fully saturated rings. The van der Waals surface area contributed by atoms with Crippen LogP contribution in [0, 0.1) is 0 Å². The number of hydrogen-bond donors (Lipinski definition) is 2. The maximum absolute atomic E-state index is 11.9. The summed E-state index contributed by atoms with van der Waals surface area (Å²) in [5.74, 6) is -0.157. The molecule has 1 saturated heterocycles. The number of nitrogens with zero attached hydrogens (tertiary/aromatic N) is 1. The molecule has 16 heavy (non-hydrogen) atoms. The minimum Gasteiger partial charge on any atom is -0.353 e. The van der Waals surface area contributed by atoms with Gasteiger partial charge in [-0.25, -0.2) is 8.42 Å². The lowest BCUT2D eigenvalue weighted by Crippen LogP contribution is -2.56. The number of unbranched alkanes of at least 4 members (excludes halogenated alkanes) is 1. The van der Waals surface area contributed by atoms with Crippen molar-refractivity contribution in [3.63, 3.8) is 0 Å². The van der Waals surface area contributed by atoms with Crippen LogP contribution in [0.2, 0.25) is 0 Å². The fourth-order valence-electron chi connectivity index (χ4n) is 1.69. The lowest BCUT2D eigenvalue weighted by Gasteiger charge is -2.31. The van der Waals surface area contributed by atoms with E-state index in [0.29, 0.717) is 32.5 Å². The second kappa shape index (κ2) is 5.60. The topological polar surface area (TPSA) is 92.5 Å². The lowest BCUT2D eigenvalue weighted by molar-refractivity contribution is -0.126. The van der Waals surface area contributed by atoms with Crippen LogP contribution in [0.1, 0.15) is 19.8 Å². The Hall–Kier alpha value is -0.660. The van der Waals surface area contributed by atoms with E-state index in [2.05, 4.69) is 5.32 Å². The monoisotopic (exact) mass is 249 g/mol. The van der Waals surface area contributed by atoms with Crippen molar-refractivity contribution in [2.75, 3.05) is 25.4 Å². The molecule has 1 rings (SSSR count). The SMILES string of the molecule is CC1C(=O)NCCN1S(=O)(=O)CCCCN. The molecule has 1 amide bonds. The van der Waals surface area contributed by atoms with Gasteiger partial charge in [-0.05, 0) is 26.3 Å². The Morgan fingerprint density at radius 1 is 1.50 bits per heavy atom. The van der Waals surface area contributed by atoms with Gasteiger partial charge in [-0.15, -0.1) is 0 Å². The van der Waals surface area contributed by atoms with E-state index in [1.165, 1.54) is 4.31 Å².